The van der Waals surface area contributed by atoms with Gasteiger partial charge in [-0.3, -0.25) is 0 Å². The minimum atomic E-state index is -3.15. The third-order valence-electron chi connectivity index (χ3n) is 3.99. The van der Waals surface area contributed by atoms with Crippen LogP contribution in [0.15, 0.2) is 35.3 Å². The summed E-state index contributed by atoms with van der Waals surface area (Å²) in [6, 6.07) is 10.1. The van der Waals surface area contributed by atoms with Crippen molar-refractivity contribution >= 4 is 16.0 Å². The second-order valence-electron chi connectivity index (χ2n) is 6.61. The maximum atomic E-state index is 11.1. The Kier molecular flexibility index (Phi) is 8.01. The highest BCUT2D eigenvalue weighted by molar-refractivity contribution is 7.88. The zero-order chi connectivity index (χ0) is 20.6. The van der Waals surface area contributed by atoms with Gasteiger partial charge in [0.25, 0.3) is 0 Å². The molecule has 0 atom stereocenters. The largest absolute Gasteiger partial charge is 0.357 e. The van der Waals surface area contributed by atoms with Crippen LogP contribution in [0.2, 0.25) is 0 Å². The number of rotatable bonds is 9. The average molecular weight is 407 g/mol. The summed E-state index contributed by atoms with van der Waals surface area (Å²) in [5.41, 5.74) is 4.15. The molecule has 3 N–H and O–H groups in total. The van der Waals surface area contributed by atoms with Crippen molar-refractivity contribution in [2.75, 3.05) is 25.9 Å². The lowest BCUT2D eigenvalue weighted by molar-refractivity contribution is 0.584. The van der Waals surface area contributed by atoms with E-state index in [1.165, 1.54) is 0 Å². The van der Waals surface area contributed by atoms with E-state index in [1.807, 2.05) is 43.7 Å². The third-order valence-corrected chi connectivity index (χ3v) is 4.72. The van der Waals surface area contributed by atoms with Gasteiger partial charge >= 0.3 is 0 Å². The van der Waals surface area contributed by atoms with Gasteiger partial charge in [-0.25, -0.2) is 22.8 Å². The van der Waals surface area contributed by atoms with E-state index in [1.54, 1.807) is 0 Å². The first-order valence-electron chi connectivity index (χ1n) is 9.38. The first-order valence-corrected chi connectivity index (χ1v) is 11.3. The Labute approximate surface area is 167 Å². The minimum Gasteiger partial charge on any atom is -0.357 e. The monoisotopic (exact) mass is 406 g/mol. The molecule has 0 saturated heterocycles. The van der Waals surface area contributed by atoms with E-state index in [0.717, 1.165) is 35.4 Å². The molecule has 0 fully saturated rings. The average Bonchev–Trinajstić information content (AvgIpc) is 2.96. The molecule has 0 amide bonds. The summed E-state index contributed by atoms with van der Waals surface area (Å²) >= 11 is 0. The molecule has 2 rings (SSSR count). The lowest BCUT2D eigenvalue weighted by Gasteiger charge is -2.13. The summed E-state index contributed by atoms with van der Waals surface area (Å²) in [5.74, 6) is 0.699. The van der Waals surface area contributed by atoms with Crippen LogP contribution in [0, 0.1) is 13.8 Å². The highest BCUT2D eigenvalue weighted by atomic mass is 32.2. The van der Waals surface area contributed by atoms with Crippen LogP contribution < -0.4 is 15.4 Å². The number of nitrogens with zero attached hydrogens (tertiary/aromatic N) is 3. The predicted octanol–water partition coefficient (Wildman–Crippen LogP) is 1.48. The van der Waals surface area contributed by atoms with Gasteiger partial charge in [-0.1, -0.05) is 18.2 Å². The minimum absolute atomic E-state index is 0.395. The van der Waals surface area contributed by atoms with Gasteiger partial charge in [0, 0.05) is 25.3 Å². The molecule has 0 bridgehead atoms. The Morgan fingerprint density at radius 3 is 2.57 bits per heavy atom. The van der Waals surface area contributed by atoms with Crippen LogP contribution in [0.4, 0.5) is 0 Å². The van der Waals surface area contributed by atoms with E-state index < -0.39 is 10.0 Å². The molecule has 1 heterocycles. The Morgan fingerprint density at radius 1 is 1.18 bits per heavy atom. The standard InChI is InChI=1S/C19H30N6O2S/c1-5-20-19(21-11-8-12-23-28(4,26)27)22-14-17-9-6-7-10-18(17)25-16(3)13-15(2)24-25/h6-7,9-10,13,23H,5,8,11-12,14H2,1-4H3,(H2,20,21,22). The molecule has 0 spiro atoms. The van der Waals surface area contributed by atoms with Crippen LogP contribution in [-0.2, 0) is 16.6 Å². The van der Waals surface area contributed by atoms with Gasteiger partial charge in [0.05, 0.1) is 24.2 Å². The predicted molar refractivity (Wildman–Crippen MR) is 113 cm³/mol. The number of hydrogen-bond donors (Lipinski definition) is 3. The maximum Gasteiger partial charge on any atom is 0.208 e. The van der Waals surface area contributed by atoms with Gasteiger partial charge in [0.1, 0.15) is 0 Å². The topological polar surface area (TPSA) is 100 Å². The van der Waals surface area contributed by atoms with Crippen molar-refractivity contribution < 1.29 is 8.42 Å². The van der Waals surface area contributed by atoms with Gasteiger partial charge in [0.15, 0.2) is 5.96 Å². The van der Waals surface area contributed by atoms with Crippen LogP contribution in [0.1, 0.15) is 30.3 Å². The summed E-state index contributed by atoms with van der Waals surface area (Å²) in [4.78, 5) is 4.67. The number of aryl methyl sites for hydroxylation is 2. The molecule has 8 nitrogen and oxygen atoms in total. The molecule has 0 aliphatic rings. The highest BCUT2D eigenvalue weighted by Crippen LogP contribution is 2.17. The van der Waals surface area contributed by atoms with E-state index in [9.17, 15) is 8.42 Å². The molecule has 1 aromatic heterocycles. The van der Waals surface area contributed by atoms with E-state index in [-0.39, 0.29) is 0 Å². The molecule has 154 valence electrons. The van der Waals surface area contributed by atoms with Crippen molar-refractivity contribution in [2.24, 2.45) is 4.99 Å². The molecule has 0 radical (unpaired) electrons. The smallest absolute Gasteiger partial charge is 0.208 e. The lowest BCUT2D eigenvalue weighted by atomic mass is 10.2. The first kappa shape index (κ1) is 21.9. The molecule has 9 heteroatoms. The Hall–Kier alpha value is -2.39. The Bertz CT molecular complexity index is 905. The molecular weight excluding hydrogens is 376 g/mol. The number of para-hydroxylation sites is 1. The Morgan fingerprint density at radius 2 is 1.93 bits per heavy atom. The first-order chi connectivity index (χ1) is 13.3. The van der Waals surface area contributed by atoms with Gasteiger partial charge in [0.2, 0.25) is 10.0 Å². The molecule has 28 heavy (non-hydrogen) atoms. The summed E-state index contributed by atoms with van der Waals surface area (Å²) < 4.78 is 26.6. The quantitative estimate of drug-likeness (QED) is 0.333. The number of aromatic nitrogens is 2. The van der Waals surface area contributed by atoms with Crippen molar-refractivity contribution in [3.05, 3.63) is 47.3 Å². The second kappa shape index (κ2) is 10.2. The molecule has 0 aliphatic carbocycles. The molecule has 0 saturated carbocycles. The molecule has 2 aromatic rings. The SMILES string of the molecule is CCNC(=NCc1ccccc1-n1nc(C)cc1C)NCCCNS(C)(=O)=O. The molecule has 1 aromatic carbocycles. The number of benzene rings is 1. The van der Waals surface area contributed by atoms with E-state index in [2.05, 4.69) is 37.6 Å². The van der Waals surface area contributed by atoms with Crippen LogP contribution in [-0.4, -0.2) is 50.0 Å². The highest BCUT2D eigenvalue weighted by Gasteiger charge is 2.08. The van der Waals surface area contributed by atoms with Gasteiger partial charge in [-0.2, -0.15) is 5.10 Å². The fraction of sp³-hybridized carbons (Fsp3) is 0.474. The van der Waals surface area contributed by atoms with Crippen molar-refractivity contribution in [1.82, 2.24) is 25.1 Å². The fourth-order valence-electron chi connectivity index (χ4n) is 2.78. The summed E-state index contributed by atoms with van der Waals surface area (Å²) in [7, 11) is -3.15. The lowest BCUT2D eigenvalue weighted by Crippen LogP contribution is -2.38. The van der Waals surface area contributed by atoms with E-state index in [4.69, 9.17) is 0 Å². The van der Waals surface area contributed by atoms with E-state index >= 15 is 0 Å². The van der Waals surface area contributed by atoms with Crippen LogP contribution >= 0.6 is 0 Å². The van der Waals surface area contributed by atoms with Crippen molar-refractivity contribution in [3.8, 4) is 5.69 Å². The number of sulfonamides is 1. The molecule has 0 aliphatic heterocycles. The third kappa shape index (κ3) is 6.97. The van der Waals surface area contributed by atoms with Gasteiger partial charge in [-0.15, -0.1) is 0 Å². The second-order valence-corrected chi connectivity index (χ2v) is 8.44. The van der Waals surface area contributed by atoms with Crippen molar-refractivity contribution in [2.45, 2.75) is 33.7 Å². The van der Waals surface area contributed by atoms with Crippen molar-refractivity contribution in [1.29, 1.82) is 0 Å². The fourth-order valence-corrected chi connectivity index (χ4v) is 3.30. The van der Waals surface area contributed by atoms with Crippen LogP contribution in [0.25, 0.3) is 5.69 Å². The molecule has 0 unspecified atom stereocenters. The van der Waals surface area contributed by atoms with Crippen LogP contribution in [0.5, 0.6) is 0 Å². The normalized spacial score (nSPS) is 12.2. The summed E-state index contributed by atoms with van der Waals surface area (Å²) in [6.07, 6.45) is 1.83. The summed E-state index contributed by atoms with van der Waals surface area (Å²) in [6.45, 7) is 8.29. The van der Waals surface area contributed by atoms with Crippen LogP contribution in [0.3, 0.4) is 0 Å². The maximum absolute atomic E-state index is 11.1. The number of guanidine groups is 1. The van der Waals surface area contributed by atoms with Crippen molar-refractivity contribution in [3.63, 3.8) is 0 Å². The number of hydrogen-bond acceptors (Lipinski definition) is 4. The zero-order valence-corrected chi connectivity index (χ0v) is 17.8. The Balaban J connectivity index is 2.04. The summed E-state index contributed by atoms with van der Waals surface area (Å²) in [5, 5.41) is 11.0. The zero-order valence-electron chi connectivity index (χ0n) is 17.0. The number of aliphatic imine (C=N–C) groups is 1. The number of nitrogens with one attached hydrogen (secondary N) is 3. The van der Waals surface area contributed by atoms with E-state index in [0.29, 0.717) is 32.0 Å². The molecular formula is C19H30N6O2S. The van der Waals surface area contributed by atoms with Gasteiger partial charge in [-0.05, 0) is 44.9 Å². The van der Waals surface area contributed by atoms with Gasteiger partial charge < -0.3 is 10.6 Å².